The predicted octanol–water partition coefficient (Wildman–Crippen LogP) is 13.9. The van der Waals surface area contributed by atoms with Crippen LogP contribution in [0, 0.1) is 34.6 Å². The number of para-hydroxylation sites is 3. The third kappa shape index (κ3) is 14.7. The molecule has 5 aromatic heterocycles. The van der Waals surface area contributed by atoms with Gasteiger partial charge in [-0.3, -0.25) is 19.9 Å². The van der Waals surface area contributed by atoms with Crippen molar-refractivity contribution >= 4 is 120 Å². The molecular weight excluding hydrogens is 1650 g/mol. The molecule has 0 saturated heterocycles. The van der Waals surface area contributed by atoms with Crippen LogP contribution in [-0.4, -0.2) is 86.3 Å². The maximum atomic E-state index is 6.13. The molecule has 0 atom stereocenters. The Labute approximate surface area is 744 Å². The van der Waals surface area contributed by atoms with Crippen molar-refractivity contribution < 1.29 is 27.6 Å². The molecular formula is C106H117N12OSeSi4+5. The van der Waals surface area contributed by atoms with Crippen LogP contribution in [0.15, 0.2) is 275 Å². The maximum Gasteiger partial charge on any atom is 0.230 e. The van der Waals surface area contributed by atoms with Gasteiger partial charge >= 0.3 is 151 Å². The van der Waals surface area contributed by atoms with E-state index in [-0.39, 0.29) is 10.8 Å². The van der Waals surface area contributed by atoms with Crippen molar-refractivity contribution in [1.29, 1.82) is 0 Å². The second-order valence-corrected chi connectivity index (χ2v) is 56.7. The number of rotatable bonds is 5. The van der Waals surface area contributed by atoms with Gasteiger partial charge in [-0.1, -0.05) is 199 Å². The fraction of sp³-hybridized carbons (Fsp3) is 0.245. The molecule has 0 spiro atoms. The van der Waals surface area contributed by atoms with Gasteiger partial charge in [0.1, 0.15) is 52.4 Å². The van der Waals surface area contributed by atoms with Crippen LogP contribution >= 0.6 is 0 Å². The van der Waals surface area contributed by atoms with E-state index in [2.05, 4.69) is 372 Å². The van der Waals surface area contributed by atoms with Gasteiger partial charge in [0.05, 0.1) is 88.9 Å². The van der Waals surface area contributed by atoms with Crippen LogP contribution < -0.4 is 87.8 Å². The van der Waals surface area contributed by atoms with E-state index in [1.54, 1.807) is 46.2 Å². The zero-order valence-electron chi connectivity index (χ0n) is 76.7. The summed E-state index contributed by atoms with van der Waals surface area (Å²) in [6, 6.07) is 67.1. The fourth-order valence-corrected chi connectivity index (χ4v) is 39.4. The van der Waals surface area contributed by atoms with Crippen LogP contribution in [0.4, 0.5) is 22.7 Å². The maximum absolute atomic E-state index is 6.13. The van der Waals surface area contributed by atoms with Crippen molar-refractivity contribution in [2.75, 3.05) is 23.9 Å². The average molecular weight is 1770 g/mol. The fourth-order valence-electron chi connectivity index (χ4n) is 20.3. The minimum Gasteiger partial charge on any atom is -0.252 e. The van der Waals surface area contributed by atoms with Gasteiger partial charge in [-0.2, -0.15) is 18.3 Å². The third-order valence-electron chi connectivity index (χ3n) is 27.3. The molecule has 0 radical (unpaired) electrons. The Kier molecular flexibility index (Phi) is 23.0. The normalized spacial score (nSPS) is 15.2. The second kappa shape index (κ2) is 33.1. The quantitative estimate of drug-likeness (QED) is 0.124. The summed E-state index contributed by atoms with van der Waals surface area (Å²) >= 11 is 0.346. The minimum atomic E-state index is -1.84. The number of hydrogen-bond acceptors (Lipinski definition) is 8. The minimum absolute atomic E-state index is 0.0116. The number of aromatic nitrogens is 10. The van der Waals surface area contributed by atoms with Crippen molar-refractivity contribution in [2.45, 2.75) is 126 Å². The number of ether oxygens (including phenoxy) is 1. The van der Waals surface area contributed by atoms with E-state index in [9.17, 15) is 0 Å². The van der Waals surface area contributed by atoms with Gasteiger partial charge in [0.25, 0.3) is 0 Å². The summed E-state index contributed by atoms with van der Waals surface area (Å²) in [7, 11) is 7.75. The molecule has 0 bridgehead atoms. The van der Waals surface area contributed by atoms with Crippen molar-refractivity contribution in [3.05, 3.63) is 325 Å². The molecule has 0 amide bonds. The number of nitrogens with zero attached hydrogens (tertiary/aromatic N) is 12. The van der Waals surface area contributed by atoms with Crippen LogP contribution in [0.5, 0.6) is 11.5 Å². The Bertz CT molecular complexity index is 6570. The Hall–Kier alpha value is -11.6. The summed E-state index contributed by atoms with van der Waals surface area (Å²) in [4.78, 5) is 26.5. The van der Waals surface area contributed by atoms with Crippen LogP contribution in [0.2, 0.25) is 52.4 Å². The molecule has 624 valence electrons. The summed E-state index contributed by atoms with van der Waals surface area (Å²) < 4.78 is 20.1. The van der Waals surface area contributed by atoms with Crippen LogP contribution in [0.3, 0.4) is 0 Å². The molecule has 0 N–H and O–H groups in total. The first kappa shape index (κ1) is 85.9. The summed E-state index contributed by atoms with van der Waals surface area (Å²) in [5, 5.41) is 12.5. The van der Waals surface area contributed by atoms with E-state index >= 15 is 0 Å². The van der Waals surface area contributed by atoms with Crippen molar-refractivity contribution in [2.24, 2.45) is 35.2 Å². The Morgan fingerprint density at radius 2 is 0.685 bits per heavy atom. The van der Waals surface area contributed by atoms with E-state index in [4.69, 9.17) is 4.74 Å². The number of fused-ring (bicyclic) bond motifs is 10. The number of hydrogen-bond donors (Lipinski definition) is 0. The molecule has 15 aromatic rings. The van der Waals surface area contributed by atoms with E-state index in [0.29, 0.717) is 15.0 Å². The van der Waals surface area contributed by atoms with Gasteiger partial charge in [0.15, 0.2) is 36.3 Å². The first-order valence-electron chi connectivity index (χ1n) is 43.1. The topological polar surface area (TPSA) is 99.6 Å². The Morgan fingerprint density at radius 3 is 1.23 bits per heavy atom. The Morgan fingerprint density at radius 1 is 0.315 bits per heavy atom. The van der Waals surface area contributed by atoms with E-state index < -0.39 is 32.3 Å². The van der Waals surface area contributed by atoms with Gasteiger partial charge in [-0.25, -0.2) is 0 Å². The molecule has 10 aromatic carbocycles. The van der Waals surface area contributed by atoms with Gasteiger partial charge in [0.2, 0.25) is 22.8 Å². The molecule has 0 fully saturated rings. The van der Waals surface area contributed by atoms with Crippen LogP contribution in [0.1, 0.15) is 77.8 Å². The molecule has 18 heteroatoms. The molecule has 0 saturated carbocycles. The monoisotopic (exact) mass is 1770 g/mol. The molecule has 5 aliphatic heterocycles. The van der Waals surface area contributed by atoms with Gasteiger partial charge in [-0.15, -0.1) is 0 Å². The van der Waals surface area contributed by atoms with Crippen molar-refractivity contribution in [1.82, 2.24) is 24.9 Å². The molecule has 13 nitrogen and oxygen atoms in total. The van der Waals surface area contributed by atoms with E-state index in [1.807, 2.05) is 118 Å². The van der Waals surface area contributed by atoms with Crippen molar-refractivity contribution in [3.8, 4) is 67.8 Å². The first-order valence-corrected chi connectivity index (χ1v) is 56.8. The average Bonchev–Trinajstić information content (AvgIpc) is 0.698. The number of aryl methyl sites for hydroxylation is 10. The smallest absolute Gasteiger partial charge is 0.230 e. The number of anilines is 4. The largest absolute Gasteiger partial charge is 0.252 e. The van der Waals surface area contributed by atoms with Gasteiger partial charge < -0.3 is 14.5 Å². The second-order valence-electron chi connectivity index (χ2n) is 37.3. The third-order valence-corrected chi connectivity index (χ3v) is 44.8. The first-order chi connectivity index (χ1) is 59.1. The van der Waals surface area contributed by atoms with Gasteiger partial charge in [-0.05, 0) is 117 Å². The SMILES string of the molecule is Cc1ccc2c(c1-c1cncc[n+]1C)C(C)(C)c1ccccc1[Si]2(C)C.Cc1ccc2c(c1-c1cncc[n+]1C)N(C)c1ccccc1O2.Cc1ccc2c(c1-c1cncc[n+]1C)N(C)c1ccccc1[Si]2(C)C.Cc1ccc2c(c1-c1cncc[n+]1C)[Se]c1ccccc1[Si]2(C)C.Cc1ccc2c(c1-c1cncc[n+]1C)[Si](C)(C)c1ccccc1C2(C)C. The predicted molar refractivity (Wildman–Crippen MR) is 523 cm³/mol. The van der Waals surface area contributed by atoms with Crippen molar-refractivity contribution in [3.63, 3.8) is 0 Å². The van der Waals surface area contributed by atoms with E-state index in [0.717, 1.165) is 39.8 Å². The molecule has 20 rings (SSSR count). The molecule has 5 aliphatic rings. The Balaban J connectivity index is 0.000000115. The summed E-state index contributed by atoms with van der Waals surface area (Å²) in [5.41, 5.74) is 29.7. The van der Waals surface area contributed by atoms with E-state index in [1.165, 1.54) is 111 Å². The molecule has 0 unspecified atom stereocenters. The van der Waals surface area contributed by atoms with Crippen LogP contribution in [0.25, 0.3) is 56.3 Å². The number of benzene rings is 10. The van der Waals surface area contributed by atoms with Gasteiger partial charge in [0, 0.05) is 30.6 Å². The zero-order chi connectivity index (χ0) is 88.0. The summed E-state index contributed by atoms with van der Waals surface area (Å²) in [6.45, 7) is 40.4. The molecule has 10 heterocycles. The molecule has 0 aliphatic carbocycles. The van der Waals surface area contributed by atoms with Crippen LogP contribution in [-0.2, 0) is 46.1 Å². The molecule has 124 heavy (non-hydrogen) atoms. The zero-order valence-corrected chi connectivity index (χ0v) is 82.4. The summed E-state index contributed by atoms with van der Waals surface area (Å²) in [5.74, 6) is 1.75. The summed E-state index contributed by atoms with van der Waals surface area (Å²) in [6.07, 6.45) is 29.2. The standard InChI is InChI=1S/2C23H27N2Si.C21H24N3Si.C20H21N2SeSi.C19H18N3O/c1-16-11-12-20-22(21(16)18-15-24-13-14-25(18)4)23(2,3)17-9-7-8-10-19(17)26(20,5)6;1-16-11-12-18-22(21(16)19-15-24-13-14-25(19)4)26(5,6)20-10-8-7-9-17(20)23(18,2)3;1-15-10-11-19-21(20(15)17-14-22-12-13-23(17)2)24(3)16-8-6-7-9-18(16)25(19,4)5;1-14-9-10-18-20(19(14)15-13-21-11-12-22(15)2)23-16-7-5-6-8-17(16)24(18,3)4;1-13-8-9-17-19(18(13)15-12-20-10-11-21(15)2)22(3)14-6-4-5-7-16(14)23-17/h2*7-15H,1-6H3;6-14H,1-5H3;5-13H,1-4H3;4-12H,1-3H3/q5*+1.